The summed E-state index contributed by atoms with van der Waals surface area (Å²) in [6.45, 7) is 4.54. The molecule has 6 heteroatoms. The predicted octanol–water partition coefficient (Wildman–Crippen LogP) is 4.20. The lowest BCUT2D eigenvalue weighted by Crippen LogP contribution is -2.43. The first-order valence-corrected chi connectivity index (χ1v) is 10.9. The minimum absolute atomic E-state index is 0.0736. The number of rotatable bonds is 5. The van der Waals surface area contributed by atoms with Crippen LogP contribution in [0.15, 0.2) is 53.4 Å². The molecule has 5 nitrogen and oxygen atoms in total. The van der Waals surface area contributed by atoms with Crippen molar-refractivity contribution < 1.29 is 13.2 Å². The minimum Gasteiger partial charge on any atom is -0.322 e. The minimum atomic E-state index is -3.51. The third-order valence-corrected chi connectivity index (χ3v) is 7.01. The maximum Gasteiger partial charge on any atom is 0.255 e. The van der Waals surface area contributed by atoms with Crippen molar-refractivity contribution >= 4 is 21.6 Å². The van der Waals surface area contributed by atoms with E-state index in [9.17, 15) is 13.2 Å². The molecule has 1 amide bonds. The molecule has 1 saturated heterocycles. The zero-order chi connectivity index (χ0) is 19.4. The highest BCUT2D eigenvalue weighted by Crippen LogP contribution is 2.27. The van der Waals surface area contributed by atoms with E-state index in [-0.39, 0.29) is 16.8 Å². The van der Waals surface area contributed by atoms with Gasteiger partial charge >= 0.3 is 0 Å². The van der Waals surface area contributed by atoms with Crippen LogP contribution in [0.5, 0.6) is 0 Å². The molecule has 1 N–H and O–H groups in total. The molecular weight excluding hydrogens is 360 g/mol. The van der Waals surface area contributed by atoms with Crippen molar-refractivity contribution in [3.63, 3.8) is 0 Å². The summed E-state index contributed by atoms with van der Waals surface area (Å²) >= 11 is 0. The van der Waals surface area contributed by atoms with Crippen molar-refractivity contribution in [1.82, 2.24) is 4.31 Å². The first-order chi connectivity index (χ1) is 12.9. The van der Waals surface area contributed by atoms with E-state index in [0.29, 0.717) is 17.8 Å². The number of hydrogen-bond acceptors (Lipinski definition) is 3. The Morgan fingerprint density at radius 2 is 1.89 bits per heavy atom. The van der Waals surface area contributed by atoms with Gasteiger partial charge in [0.05, 0.1) is 4.90 Å². The molecule has 0 bridgehead atoms. The van der Waals surface area contributed by atoms with Gasteiger partial charge in [-0.25, -0.2) is 8.42 Å². The van der Waals surface area contributed by atoms with Gasteiger partial charge in [-0.05, 0) is 62.6 Å². The average molecular weight is 387 g/mol. The highest BCUT2D eigenvalue weighted by atomic mass is 32.2. The van der Waals surface area contributed by atoms with Gasteiger partial charge in [0, 0.05) is 23.8 Å². The third kappa shape index (κ3) is 4.39. The summed E-state index contributed by atoms with van der Waals surface area (Å²) in [6.07, 6.45) is 3.72. The maximum absolute atomic E-state index is 13.0. The van der Waals surface area contributed by atoms with E-state index in [1.165, 1.54) is 0 Å². The summed E-state index contributed by atoms with van der Waals surface area (Å²) in [4.78, 5) is 12.6. The summed E-state index contributed by atoms with van der Waals surface area (Å²) in [5, 5.41) is 2.82. The van der Waals surface area contributed by atoms with E-state index in [0.717, 1.165) is 31.2 Å². The lowest BCUT2D eigenvalue weighted by molar-refractivity contribution is 0.102. The molecule has 2 aromatic carbocycles. The molecule has 0 spiro atoms. The zero-order valence-corrected chi connectivity index (χ0v) is 16.6. The smallest absolute Gasteiger partial charge is 0.255 e. The number of benzene rings is 2. The molecule has 1 aliphatic rings. The number of carbonyl (C=O) groups is 1. The fraction of sp³-hybridized carbons (Fsp3) is 0.381. The number of piperidine rings is 1. The molecule has 27 heavy (non-hydrogen) atoms. The summed E-state index contributed by atoms with van der Waals surface area (Å²) in [6, 6.07) is 13.8. The third-order valence-electron chi connectivity index (χ3n) is 5.04. The summed E-state index contributed by atoms with van der Waals surface area (Å²) in [7, 11) is -3.51. The second kappa shape index (κ2) is 8.23. The van der Waals surface area contributed by atoms with E-state index in [1.807, 2.05) is 32.0 Å². The lowest BCUT2D eigenvalue weighted by atomic mass is 10.0. The van der Waals surface area contributed by atoms with Gasteiger partial charge in [-0.2, -0.15) is 4.31 Å². The largest absolute Gasteiger partial charge is 0.322 e. The molecule has 1 heterocycles. The molecule has 1 aliphatic heterocycles. The molecule has 1 atom stereocenters. The van der Waals surface area contributed by atoms with Gasteiger partial charge in [0.2, 0.25) is 10.0 Å². The average Bonchev–Trinajstić information content (AvgIpc) is 2.68. The van der Waals surface area contributed by atoms with Crippen molar-refractivity contribution in [2.75, 3.05) is 11.9 Å². The molecule has 144 valence electrons. The fourth-order valence-electron chi connectivity index (χ4n) is 3.53. The van der Waals surface area contributed by atoms with Crippen molar-refractivity contribution in [1.29, 1.82) is 0 Å². The molecule has 0 aliphatic carbocycles. The van der Waals surface area contributed by atoms with Crippen LogP contribution in [-0.4, -0.2) is 31.2 Å². The molecule has 1 unspecified atom stereocenters. The van der Waals surface area contributed by atoms with Crippen molar-refractivity contribution in [3.8, 4) is 0 Å². The second-order valence-corrected chi connectivity index (χ2v) is 8.91. The predicted molar refractivity (Wildman–Crippen MR) is 107 cm³/mol. The number of sulfonamides is 1. The van der Waals surface area contributed by atoms with E-state index in [4.69, 9.17) is 0 Å². The van der Waals surface area contributed by atoms with Crippen LogP contribution in [0.25, 0.3) is 0 Å². The molecule has 0 aromatic heterocycles. The maximum atomic E-state index is 13.0. The highest BCUT2D eigenvalue weighted by Gasteiger charge is 2.32. The Labute approximate surface area is 161 Å². The molecular formula is C21H26N2O3S. The number of amides is 1. The normalized spacial score (nSPS) is 18.2. The van der Waals surface area contributed by atoms with Crippen molar-refractivity contribution in [2.24, 2.45) is 0 Å². The Balaban J connectivity index is 1.75. The fourth-order valence-corrected chi connectivity index (χ4v) is 5.30. The summed E-state index contributed by atoms with van der Waals surface area (Å²) in [5.41, 5.74) is 2.16. The number of anilines is 1. The van der Waals surface area contributed by atoms with Crippen LogP contribution in [-0.2, 0) is 10.0 Å². The van der Waals surface area contributed by atoms with Gasteiger partial charge in [-0.3, -0.25) is 4.79 Å². The van der Waals surface area contributed by atoms with Crippen LogP contribution >= 0.6 is 0 Å². The summed E-state index contributed by atoms with van der Waals surface area (Å²) in [5.74, 6) is -0.212. The van der Waals surface area contributed by atoms with Gasteiger partial charge in [0.1, 0.15) is 0 Å². The Morgan fingerprint density at radius 3 is 2.56 bits per heavy atom. The van der Waals surface area contributed by atoms with Crippen LogP contribution in [0.4, 0.5) is 5.69 Å². The Kier molecular flexibility index (Phi) is 5.97. The van der Waals surface area contributed by atoms with Crippen LogP contribution in [0.1, 0.15) is 48.5 Å². The SMILES string of the molecule is CCC1CCCCN1S(=O)(=O)c1ccc(NC(=O)c2cccc(C)c2)cc1. The van der Waals surface area contributed by atoms with Crippen LogP contribution < -0.4 is 5.32 Å². The second-order valence-electron chi connectivity index (χ2n) is 7.02. The number of nitrogens with one attached hydrogen (secondary N) is 1. The van der Waals surface area contributed by atoms with E-state index < -0.39 is 10.0 Å². The summed E-state index contributed by atoms with van der Waals surface area (Å²) < 4.78 is 27.6. The first-order valence-electron chi connectivity index (χ1n) is 9.41. The topological polar surface area (TPSA) is 66.5 Å². The Bertz CT molecular complexity index is 907. The van der Waals surface area contributed by atoms with Gasteiger partial charge in [0.25, 0.3) is 5.91 Å². The first kappa shape index (κ1) is 19.6. The van der Waals surface area contributed by atoms with E-state index in [1.54, 1.807) is 34.6 Å². The number of hydrogen-bond donors (Lipinski definition) is 1. The monoisotopic (exact) mass is 386 g/mol. The van der Waals surface area contributed by atoms with E-state index >= 15 is 0 Å². The Hall–Kier alpha value is -2.18. The van der Waals surface area contributed by atoms with Crippen LogP contribution in [0.3, 0.4) is 0 Å². The highest BCUT2D eigenvalue weighted by molar-refractivity contribution is 7.89. The molecule has 2 aromatic rings. The van der Waals surface area contributed by atoms with Gasteiger partial charge in [0.15, 0.2) is 0 Å². The van der Waals surface area contributed by atoms with E-state index in [2.05, 4.69) is 5.32 Å². The lowest BCUT2D eigenvalue weighted by Gasteiger charge is -2.34. The van der Waals surface area contributed by atoms with Crippen molar-refractivity contribution in [3.05, 3.63) is 59.7 Å². The van der Waals surface area contributed by atoms with Crippen LogP contribution in [0, 0.1) is 6.92 Å². The molecule has 1 fully saturated rings. The molecule has 0 radical (unpaired) electrons. The zero-order valence-electron chi connectivity index (χ0n) is 15.8. The van der Waals surface area contributed by atoms with Gasteiger partial charge < -0.3 is 5.32 Å². The molecule has 3 rings (SSSR count). The number of aryl methyl sites for hydroxylation is 1. The van der Waals surface area contributed by atoms with Gasteiger partial charge in [-0.15, -0.1) is 0 Å². The standard InChI is InChI=1S/C21H26N2O3S/c1-3-19-9-4-5-14-23(19)27(25,26)20-12-10-18(11-13-20)22-21(24)17-8-6-7-16(2)15-17/h6-8,10-13,15,19H,3-5,9,14H2,1-2H3,(H,22,24). The van der Waals surface area contributed by atoms with Gasteiger partial charge in [-0.1, -0.05) is 31.0 Å². The number of carbonyl (C=O) groups excluding carboxylic acids is 1. The molecule has 0 saturated carbocycles. The quantitative estimate of drug-likeness (QED) is 0.837. The van der Waals surface area contributed by atoms with Crippen LogP contribution in [0.2, 0.25) is 0 Å². The van der Waals surface area contributed by atoms with Crippen molar-refractivity contribution in [2.45, 2.75) is 50.5 Å². The number of nitrogens with zero attached hydrogens (tertiary/aromatic N) is 1. The Morgan fingerprint density at radius 1 is 1.15 bits per heavy atom.